The molecule has 1 aromatic carbocycles. The fraction of sp³-hybridized carbons (Fsp3) is 0.286. The summed E-state index contributed by atoms with van der Waals surface area (Å²) >= 11 is 0. The highest BCUT2D eigenvalue weighted by molar-refractivity contribution is 5.89. The molecule has 0 saturated carbocycles. The van der Waals surface area contributed by atoms with E-state index in [1.165, 1.54) is 6.08 Å². The number of nitrogens with one attached hydrogen (secondary N) is 1. The van der Waals surface area contributed by atoms with E-state index in [-0.39, 0.29) is 11.5 Å². The van der Waals surface area contributed by atoms with Crippen molar-refractivity contribution in [1.29, 1.82) is 0 Å². The van der Waals surface area contributed by atoms with E-state index in [1.54, 1.807) is 24.3 Å². The first-order valence-corrected chi connectivity index (χ1v) is 5.74. The second kappa shape index (κ2) is 6.59. The molecule has 4 nitrogen and oxygen atoms in total. The Balaban J connectivity index is 2.57. The van der Waals surface area contributed by atoms with Crippen LogP contribution >= 0.6 is 0 Å². The lowest BCUT2D eigenvalue weighted by atomic mass is 10.0. The topological polar surface area (TPSA) is 66.4 Å². The molecule has 1 aromatic rings. The second-order valence-electron chi connectivity index (χ2n) is 4.23. The number of hydrogen-bond donors (Lipinski definition) is 2. The first-order valence-electron chi connectivity index (χ1n) is 5.74. The maximum atomic E-state index is 11.4. The fourth-order valence-electron chi connectivity index (χ4n) is 1.58. The molecule has 18 heavy (non-hydrogen) atoms. The minimum Gasteiger partial charge on any atom is -0.478 e. The number of hydrogen-bond acceptors (Lipinski definition) is 2. The van der Waals surface area contributed by atoms with Gasteiger partial charge in [0.2, 0.25) is 5.91 Å². The normalized spacial score (nSPS) is 9.67. The molecule has 0 fully saturated rings. The molecule has 0 saturated heterocycles. The zero-order valence-corrected chi connectivity index (χ0v) is 10.6. The third-order valence-electron chi connectivity index (χ3n) is 2.36. The number of carboxylic acid groups (broad SMARTS) is 1. The van der Waals surface area contributed by atoms with Crippen LogP contribution in [0.25, 0.3) is 0 Å². The van der Waals surface area contributed by atoms with Crippen molar-refractivity contribution in [1.82, 2.24) is 5.32 Å². The van der Waals surface area contributed by atoms with E-state index < -0.39 is 5.97 Å². The van der Waals surface area contributed by atoms with Gasteiger partial charge in [-0.1, -0.05) is 23.8 Å². The molecule has 0 bridgehead atoms. The smallest absolute Gasteiger partial charge is 0.335 e. The Kier molecular flexibility index (Phi) is 5.11. The van der Waals surface area contributed by atoms with Gasteiger partial charge in [0.05, 0.1) is 5.56 Å². The monoisotopic (exact) mass is 247 g/mol. The Bertz CT molecular complexity index is 474. The van der Waals surface area contributed by atoms with Crippen molar-refractivity contribution < 1.29 is 14.7 Å². The fourth-order valence-corrected chi connectivity index (χ4v) is 1.58. The third-order valence-corrected chi connectivity index (χ3v) is 2.36. The van der Waals surface area contributed by atoms with Crippen LogP contribution in [0.5, 0.6) is 0 Å². The molecule has 96 valence electrons. The van der Waals surface area contributed by atoms with Crippen molar-refractivity contribution in [3.63, 3.8) is 0 Å². The van der Waals surface area contributed by atoms with Gasteiger partial charge < -0.3 is 10.4 Å². The zero-order valence-electron chi connectivity index (χ0n) is 10.6. The summed E-state index contributed by atoms with van der Waals surface area (Å²) in [5.41, 5.74) is 1.94. The average Bonchev–Trinajstić information content (AvgIpc) is 2.28. The summed E-state index contributed by atoms with van der Waals surface area (Å²) in [4.78, 5) is 22.3. The molecule has 0 atom stereocenters. The van der Waals surface area contributed by atoms with Gasteiger partial charge in [-0.2, -0.15) is 0 Å². The maximum Gasteiger partial charge on any atom is 0.335 e. The number of carboxylic acids is 1. The quantitative estimate of drug-likeness (QED) is 0.782. The number of aromatic carboxylic acids is 1. The Morgan fingerprint density at radius 1 is 1.28 bits per heavy atom. The molecule has 1 rings (SSSR count). The number of rotatable bonds is 5. The lowest BCUT2D eigenvalue weighted by molar-refractivity contribution is -0.116. The first kappa shape index (κ1) is 14.0. The SMILES string of the molecule is CC(C)=CC(=O)NCCc1ccccc1C(=O)O. The van der Waals surface area contributed by atoms with Crippen LogP contribution < -0.4 is 5.32 Å². The van der Waals surface area contributed by atoms with Gasteiger partial charge in [-0.3, -0.25) is 4.79 Å². The first-order chi connectivity index (χ1) is 8.50. The summed E-state index contributed by atoms with van der Waals surface area (Å²) < 4.78 is 0. The lowest BCUT2D eigenvalue weighted by Gasteiger charge is -2.06. The van der Waals surface area contributed by atoms with Crippen LogP contribution in [0.4, 0.5) is 0 Å². The predicted molar refractivity (Wildman–Crippen MR) is 69.5 cm³/mol. The molecule has 1 amide bonds. The molecule has 0 unspecified atom stereocenters. The zero-order chi connectivity index (χ0) is 13.5. The van der Waals surface area contributed by atoms with Crippen molar-refractivity contribution in [3.8, 4) is 0 Å². The summed E-state index contributed by atoms with van der Waals surface area (Å²) in [5, 5.41) is 11.7. The number of carbonyl (C=O) groups excluding carboxylic acids is 1. The summed E-state index contributed by atoms with van der Waals surface area (Å²) in [5.74, 6) is -1.09. The molecule has 2 N–H and O–H groups in total. The molecule has 0 aliphatic heterocycles. The minimum absolute atomic E-state index is 0.150. The summed E-state index contributed by atoms with van der Waals surface area (Å²) in [6.07, 6.45) is 2.02. The summed E-state index contributed by atoms with van der Waals surface area (Å²) in [7, 11) is 0. The van der Waals surface area contributed by atoms with Crippen molar-refractivity contribution >= 4 is 11.9 Å². The van der Waals surface area contributed by atoms with Crippen molar-refractivity contribution in [2.75, 3.05) is 6.54 Å². The van der Waals surface area contributed by atoms with Crippen LogP contribution in [0.1, 0.15) is 29.8 Å². The van der Waals surface area contributed by atoms with Crippen LogP contribution in [0, 0.1) is 0 Å². The van der Waals surface area contributed by atoms with Crippen LogP contribution in [-0.2, 0) is 11.2 Å². The van der Waals surface area contributed by atoms with Crippen LogP contribution in [-0.4, -0.2) is 23.5 Å². The molecular formula is C14H17NO3. The van der Waals surface area contributed by atoms with Crippen molar-refractivity contribution in [3.05, 3.63) is 47.0 Å². The largest absolute Gasteiger partial charge is 0.478 e. The summed E-state index contributed by atoms with van der Waals surface area (Å²) in [6, 6.07) is 6.81. The number of carbonyl (C=O) groups is 2. The van der Waals surface area contributed by atoms with E-state index in [0.29, 0.717) is 13.0 Å². The molecular weight excluding hydrogens is 230 g/mol. The van der Waals surface area contributed by atoms with Crippen molar-refractivity contribution in [2.45, 2.75) is 20.3 Å². The van der Waals surface area contributed by atoms with Crippen LogP contribution in [0.2, 0.25) is 0 Å². The third kappa shape index (κ3) is 4.41. The number of benzene rings is 1. The van der Waals surface area contributed by atoms with E-state index in [0.717, 1.165) is 11.1 Å². The van der Waals surface area contributed by atoms with Crippen LogP contribution in [0.3, 0.4) is 0 Å². The average molecular weight is 247 g/mol. The second-order valence-corrected chi connectivity index (χ2v) is 4.23. The lowest BCUT2D eigenvalue weighted by Crippen LogP contribution is -2.24. The molecule has 0 radical (unpaired) electrons. The molecule has 0 spiro atoms. The summed E-state index contributed by atoms with van der Waals surface area (Å²) in [6.45, 7) is 4.12. The van der Waals surface area contributed by atoms with E-state index in [2.05, 4.69) is 5.32 Å². The van der Waals surface area contributed by atoms with E-state index in [4.69, 9.17) is 5.11 Å². The van der Waals surface area contributed by atoms with Gasteiger partial charge in [0.25, 0.3) is 0 Å². The molecule has 0 aromatic heterocycles. The number of amides is 1. The van der Waals surface area contributed by atoms with Gasteiger partial charge in [-0.15, -0.1) is 0 Å². The van der Waals surface area contributed by atoms with Gasteiger partial charge in [0.15, 0.2) is 0 Å². The van der Waals surface area contributed by atoms with E-state index in [9.17, 15) is 9.59 Å². The Hall–Kier alpha value is -2.10. The Morgan fingerprint density at radius 2 is 1.94 bits per heavy atom. The van der Waals surface area contributed by atoms with Gasteiger partial charge >= 0.3 is 5.97 Å². The van der Waals surface area contributed by atoms with Gasteiger partial charge in [-0.05, 0) is 31.9 Å². The Morgan fingerprint density at radius 3 is 2.56 bits per heavy atom. The molecule has 4 heteroatoms. The standard InChI is InChI=1S/C14H17NO3/c1-10(2)9-13(16)15-8-7-11-5-3-4-6-12(11)14(17)18/h3-6,9H,7-8H2,1-2H3,(H,15,16)(H,17,18). The minimum atomic E-state index is -0.943. The number of allylic oxidation sites excluding steroid dienone is 1. The highest BCUT2D eigenvalue weighted by Gasteiger charge is 2.08. The van der Waals surface area contributed by atoms with Crippen LogP contribution in [0.15, 0.2) is 35.9 Å². The molecule has 0 aliphatic rings. The van der Waals surface area contributed by atoms with Crippen molar-refractivity contribution in [2.24, 2.45) is 0 Å². The van der Waals surface area contributed by atoms with E-state index >= 15 is 0 Å². The van der Waals surface area contributed by atoms with E-state index in [1.807, 2.05) is 13.8 Å². The van der Waals surface area contributed by atoms with Gasteiger partial charge in [0, 0.05) is 12.6 Å². The highest BCUT2D eigenvalue weighted by atomic mass is 16.4. The molecule has 0 heterocycles. The maximum absolute atomic E-state index is 11.4. The van der Waals surface area contributed by atoms with Gasteiger partial charge in [0.1, 0.15) is 0 Å². The predicted octanol–water partition coefficient (Wildman–Crippen LogP) is 2.01. The van der Waals surface area contributed by atoms with Gasteiger partial charge in [-0.25, -0.2) is 4.79 Å². The molecule has 0 aliphatic carbocycles. The Labute approximate surface area is 106 Å². The highest BCUT2D eigenvalue weighted by Crippen LogP contribution is 2.08.